The fourth-order valence-electron chi connectivity index (χ4n) is 2.04. The van der Waals surface area contributed by atoms with Gasteiger partial charge in [-0.3, -0.25) is 9.59 Å². The minimum Gasteiger partial charge on any atom is -0.481 e. The van der Waals surface area contributed by atoms with Crippen LogP contribution in [0.3, 0.4) is 0 Å². The van der Waals surface area contributed by atoms with Crippen LogP contribution in [0.5, 0.6) is 0 Å². The molecule has 0 radical (unpaired) electrons. The lowest BCUT2D eigenvalue weighted by Crippen LogP contribution is -2.30. The Kier molecular flexibility index (Phi) is 7.16. The second-order valence-electron chi connectivity index (χ2n) is 5.10. The standard InChI is InChI=1S/C13H23NO3S/c1-10(2-3-13(16)17)9-14-12(15)8-11-4-6-18-7-5-11/h10-11H,2-9H2,1H3,(H,14,15)(H,16,17). The average molecular weight is 273 g/mol. The number of hydrogen-bond acceptors (Lipinski definition) is 3. The summed E-state index contributed by atoms with van der Waals surface area (Å²) in [5, 5.41) is 11.5. The number of carboxylic acids is 1. The molecule has 1 amide bonds. The summed E-state index contributed by atoms with van der Waals surface area (Å²) in [5.41, 5.74) is 0. The van der Waals surface area contributed by atoms with E-state index in [1.165, 1.54) is 11.5 Å². The van der Waals surface area contributed by atoms with Crippen LogP contribution in [0, 0.1) is 11.8 Å². The van der Waals surface area contributed by atoms with Crippen LogP contribution in [0.4, 0.5) is 0 Å². The predicted octanol–water partition coefficient (Wildman–Crippen LogP) is 2.14. The Balaban J connectivity index is 2.10. The smallest absolute Gasteiger partial charge is 0.303 e. The Hall–Kier alpha value is -0.710. The second kappa shape index (κ2) is 8.40. The fourth-order valence-corrected chi connectivity index (χ4v) is 3.25. The molecular weight excluding hydrogens is 250 g/mol. The van der Waals surface area contributed by atoms with E-state index in [1.54, 1.807) is 0 Å². The van der Waals surface area contributed by atoms with E-state index in [0.29, 0.717) is 25.3 Å². The summed E-state index contributed by atoms with van der Waals surface area (Å²) in [7, 11) is 0. The number of nitrogens with one attached hydrogen (secondary N) is 1. The van der Waals surface area contributed by atoms with Gasteiger partial charge in [0.1, 0.15) is 0 Å². The van der Waals surface area contributed by atoms with Crippen molar-refractivity contribution in [2.45, 2.75) is 39.0 Å². The highest BCUT2D eigenvalue weighted by Gasteiger charge is 2.17. The maximum absolute atomic E-state index is 11.7. The Labute approximate surface area is 113 Å². The molecule has 0 spiro atoms. The first-order chi connectivity index (χ1) is 8.58. The number of rotatable bonds is 7. The Morgan fingerprint density at radius 1 is 1.39 bits per heavy atom. The molecule has 104 valence electrons. The SMILES string of the molecule is CC(CCC(=O)O)CNC(=O)CC1CCSCC1. The summed E-state index contributed by atoms with van der Waals surface area (Å²) in [4.78, 5) is 22.1. The fraction of sp³-hybridized carbons (Fsp3) is 0.846. The molecule has 4 nitrogen and oxygen atoms in total. The van der Waals surface area contributed by atoms with Crippen molar-refractivity contribution in [2.75, 3.05) is 18.1 Å². The molecule has 0 bridgehead atoms. The molecule has 0 aromatic rings. The average Bonchev–Trinajstić information content (AvgIpc) is 2.35. The zero-order chi connectivity index (χ0) is 13.4. The third kappa shape index (κ3) is 6.89. The molecule has 5 heteroatoms. The molecule has 0 aliphatic carbocycles. The van der Waals surface area contributed by atoms with Crippen LogP contribution in [0.15, 0.2) is 0 Å². The van der Waals surface area contributed by atoms with Gasteiger partial charge in [0.15, 0.2) is 0 Å². The van der Waals surface area contributed by atoms with Crippen molar-refractivity contribution in [1.29, 1.82) is 0 Å². The molecule has 1 fully saturated rings. The number of carboxylic acid groups (broad SMARTS) is 1. The molecule has 0 saturated carbocycles. The number of carbonyl (C=O) groups excluding carboxylic acids is 1. The number of aliphatic carboxylic acids is 1. The summed E-state index contributed by atoms with van der Waals surface area (Å²) in [6.45, 7) is 2.56. The zero-order valence-corrected chi connectivity index (χ0v) is 11.8. The van der Waals surface area contributed by atoms with Crippen molar-refractivity contribution < 1.29 is 14.7 Å². The molecule has 1 aliphatic heterocycles. The summed E-state index contributed by atoms with van der Waals surface area (Å²) >= 11 is 1.97. The topological polar surface area (TPSA) is 66.4 Å². The van der Waals surface area contributed by atoms with Crippen molar-refractivity contribution in [1.82, 2.24) is 5.32 Å². The predicted molar refractivity (Wildman–Crippen MR) is 73.7 cm³/mol. The zero-order valence-electron chi connectivity index (χ0n) is 11.0. The van der Waals surface area contributed by atoms with E-state index in [4.69, 9.17) is 5.11 Å². The normalized spacial score (nSPS) is 18.3. The van der Waals surface area contributed by atoms with Gasteiger partial charge in [0.05, 0.1) is 0 Å². The van der Waals surface area contributed by atoms with Crippen LogP contribution in [-0.4, -0.2) is 35.0 Å². The summed E-state index contributed by atoms with van der Waals surface area (Å²) in [6, 6.07) is 0. The minimum absolute atomic E-state index is 0.120. The first kappa shape index (κ1) is 15.3. The van der Waals surface area contributed by atoms with E-state index < -0.39 is 5.97 Å². The van der Waals surface area contributed by atoms with Gasteiger partial charge in [-0.05, 0) is 42.6 Å². The van der Waals surface area contributed by atoms with Gasteiger partial charge in [-0.25, -0.2) is 0 Å². The quantitative estimate of drug-likeness (QED) is 0.746. The number of hydrogen-bond donors (Lipinski definition) is 2. The number of amides is 1. The molecule has 1 saturated heterocycles. The van der Waals surface area contributed by atoms with Gasteiger partial charge >= 0.3 is 5.97 Å². The molecule has 1 heterocycles. The first-order valence-electron chi connectivity index (χ1n) is 6.64. The van der Waals surface area contributed by atoms with Crippen molar-refractivity contribution in [3.63, 3.8) is 0 Å². The highest BCUT2D eigenvalue weighted by atomic mass is 32.2. The summed E-state index contributed by atoms with van der Waals surface area (Å²) in [6.07, 6.45) is 3.72. The van der Waals surface area contributed by atoms with Crippen molar-refractivity contribution in [3.8, 4) is 0 Å². The highest BCUT2D eigenvalue weighted by Crippen LogP contribution is 2.25. The lowest BCUT2D eigenvalue weighted by Gasteiger charge is -2.21. The van der Waals surface area contributed by atoms with Crippen LogP contribution in [-0.2, 0) is 9.59 Å². The maximum Gasteiger partial charge on any atom is 0.303 e. The number of carbonyl (C=O) groups is 2. The van der Waals surface area contributed by atoms with E-state index in [1.807, 2.05) is 18.7 Å². The molecule has 18 heavy (non-hydrogen) atoms. The summed E-state index contributed by atoms with van der Waals surface area (Å²) in [5.74, 6) is 2.47. The van der Waals surface area contributed by atoms with Crippen LogP contribution < -0.4 is 5.32 Å². The Morgan fingerprint density at radius 2 is 2.06 bits per heavy atom. The summed E-state index contributed by atoms with van der Waals surface area (Å²) < 4.78 is 0. The Bertz CT molecular complexity index is 277. The van der Waals surface area contributed by atoms with Crippen LogP contribution in [0.1, 0.15) is 39.0 Å². The van der Waals surface area contributed by atoms with Crippen molar-refractivity contribution in [3.05, 3.63) is 0 Å². The molecular formula is C13H23NO3S. The van der Waals surface area contributed by atoms with Gasteiger partial charge < -0.3 is 10.4 Å². The van der Waals surface area contributed by atoms with E-state index in [2.05, 4.69) is 5.32 Å². The molecule has 1 rings (SSSR count). The Morgan fingerprint density at radius 3 is 2.67 bits per heavy atom. The lowest BCUT2D eigenvalue weighted by atomic mass is 9.98. The maximum atomic E-state index is 11.7. The largest absolute Gasteiger partial charge is 0.481 e. The van der Waals surface area contributed by atoms with Gasteiger partial charge in [-0.15, -0.1) is 0 Å². The van der Waals surface area contributed by atoms with E-state index in [-0.39, 0.29) is 18.2 Å². The first-order valence-corrected chi connectivity index (χ1v) is 7.79. The van der Waals surface area contributed by atoms with Crippen molar-refractivity contribution in [2.24, 2.45) is 11.8 Å². The molecule has 1 unspecified atom stereocenters. The van der Waals surface area contributed by atoms with E-state index >= 15 is 0 Å². The van der Waals surface area contributed by atoms with Crippen LogP contribution >= 0.6 is 11.8 Å². The van der Waals surface area contributed by atoms with Gasteiger partial charge in [-0.1, -0.05) is 6.92 Å². The van der Waals surface area contributed by atoms with Gasteiger partial charge in [-0.2, -0.15) is 11.8 Å². The van der Waals surface area contributed by atoms with E-state index in [9.17, 15) is 9.59 Å². The van der Waals surface area contributed by atoms with Crippen LogP contribution in [0.2, 0.25) is 0 Å². The van der Waals surface area contributed by atoms with Crippen LogP contribution in [0.25, 0.3) is 0 Å². The molecule has 0 aromatic carbocycles. The van der Waals surface area contributed by atoms with E-state index in [0.717, 1.165) is 12.8 Å². The molecule has 1 atom stereocenters. The lowest BCUT2D eigenvalue weighted by molar-refractivity contribution is -0.137. The second-order valence-corrected chi connectivity index (χ2v) is 6.33. The van der Waals surface area contributed by atoms with Crippen molar-refractivity contribution >= 4 is 23.6 Å². The monoisotopic (exact) mass is 273 g/mol. The number of thioether (sulfide) groups is 1. The molecule has 0 aromatic heterocycles. The van der Waals surface area contributed by atoms with Gasteiger partial charge in [0.2, 0.25) is 5.91 Å². The third-order valence-electron chi connectivity index (χ3n) is 3.31. The molecule has 2 N–H and O–H groups in total. The minimum atomic E-state index is -0.770. The molecule has 1 aliphatic rings. The highest BCUT2D eigenvalue weighted by molar-refractivity contribution is 7.99. The third-order valence-corrected chi connectivity index (χ3v) is 4.36. The van der Waals surface area contributed by atoms with Gasteiger partial charge in [0, 0.05) is 19.4 Å². The van der Waals surface area contributed by atoms with Gasteiger partial charge in [0.25, 0.3) is 0 Å².